The summed E-state index contributed by atoms with van der Waals surface area (Å²) in [6.45, 7) is 0. The number of hydrogen-bond donors (Lipinski definition) is 0. The van der Waals surface area contributed by atoms with Crippen molar-refractivity contribution in [2.24, 2.45) is 10.2 Å². The van der Waals surface area contributed by atoms with E-state index in [-0.39, 0.29) is 17.2 Å². The average molecular weight is 291 g/mol. The molecule has 0 aromatic heterocycles. The van der Waals surface area contributed by atoms with Crippen LogP contribution >= 0.6 is 12.2 Å². The highest BCUT2D eigenvalue weighted by atomic mass is 32.1. The molecule has 0 aliphatic carbocycles. The first-order valence-electron chi connectivity index (χ1n) is 5.69. The zero-order valence-electron chi connectivity index (χ0n) is 10.8. The fourth-order valence-corrected chi connectivity index (χ4v) is 1.94. The minimum absolute atomic E-state index is 0.0831. The average Bonchev–Trinajstić information content (AvgIpc) is 2.61. The molecule has 0 bridgehead atoms. The molecule has 0 saturated carbocycles. The topological polar surface area (TPSA) is 88.4 Å². The minimum atomic E-state index is -1.35. The number of likely N-dealkylation sites (N-methyl/N-ethyl adjacent to an activating group) is 2. The van der Waals surface area contributed by atoms with Gasteiger partial charge in [-0.05, 0) is 18.3 Å². The van der Waals surface area contributed by atoms with Gasteiger partial charge in [-0.3, -0.25) is 9.69 Å². The van der Waals surface area contributed by atoms with Crippen molar-refractivity contribution in [2.45, 2.75) is 6.17 Å². The minimum Gasteiger partial charge on any atom is -0.545 e. The maximum atomic E-state index is 11.9. The Morgan fingerprint density at radius 1 is 1.35 bits per heavy atom. The molecule has 20 heavy (non-hydrogen) atoms. The number of rotatable bonds is 3. The van der Waals surface area contributed by atoms with Gasteiger partial charge in [-0.2, -0.15) is 10.2 Å². The first kappa shape index (κ1) is 14.1. The molecule has 1 atom stereocenters. The Morgan fingerprint density at radius 2 is 2.00 bits per heavy atom. The van der Waals surface area contributed by atoms with Gasteiger partial charge in [-0.15, -0.1) is 0 Å². The van der Waals surface area contributed by atoms with Crippen molar-refractivity contribution in [2.75, 3.05) is 14.1 Å². The first-order valence-corrected chi connectivity index (χ1v) is 6.10. The zero-order valence-corrected chi connectivity index (χ0v) is 11.6. The lowest BCUT2D eigenvalue weighted by Gasteiger charge is -2.13. The van der Waals surface area contributed by atoms with Gasteiger partial charge < -0.3 is 14.8 Å². The Kier molecular flexibility index (Phi) is 3.75. The van der Waals surface area contributed by atoms with Gasteiger partial charge in [0, 0.05) is 19.7 Å². The number of aromatic carboxylic acids is 1. The number of thiocarbonyl (C=S) groups is 1. The van der Waals surface area contributed by atoms with Crippen LogP contribution in [0.5, 0.6) is 0 Å². The van der Waals surface area contributed by atoms with Crippen LogP contribution in [0.25, 0.3) is 0 Å². The number of amides is 1. The number of carboxylic acid groups (broad SMARTS) is 1. The highest BCUT2D eigenvalue weighted by molar-refractivity contribution is 7.80. The molecule has 0 spiro atoms. The quantitative estimate of drug-likeness (QED) is 0.584. The van der Waals surface area contributed by atoms with Crippen molar-refractivity contribution in [3.05, 3.63) is 29.8 Å². The second kappa shape index (κ2) is 5.33. The van der Waals surface area contributed by atoms with Crippen LogP contribution in [-0.4, -0.2) is 47.0 Å². The van der Waals surface area contributed by atoms with E-state index in [2.05, 4.69) is 10.2 Å². The Labute approximate surface area is 120 Å². The van der Waals surface area contributed by atoms with Gasteiger partial charge in [0.15, 0.2) is 5.11 Å². The van der Waals surface area contributed by atoms with Crippen molar-refractivity contribution in [3.8, 4) is 0 Å². The van der Waals surface area contributed by atoms with Crippen molar-refractivity contribution in [1.29, 1.82) is 0 Å². The van der Waals surface area contributed by atoms with Crippen molar-refractivity contribution >= 4 is 34.9 Å². The lowest BCUT2D eigenvalue weighted by molar-refractivity contribution is -0.254. The summed E-state index contributed by atoms with van der Waals surface area (Å²) in [5.41, 5.74) is 0.0504. The molecule has 1 aliphatic rings. The molecular weight excluding hydrogens is 280 g/mol. The predicted molar refractivity (Wildman–Crippen MR) is 72.2 cm³/mol. The molecule has 1 saturated heterocycles. The van der Waals surface area contributed by atoms with Gasteiger partial charge in [0.25, 0.3) is 5.91 Å². The number of hydrogen-bond acceptors (Lipinski definition) is 6. The third kappa shape index (κ3) is 2.37. The van der Waals surface area contributed by atoms with Crippen LogP contribution in [0.2, 0.25) is 0 Å². The number of carbonyl (C=O) groups is 2. The third-order valence-corrected chi connectivity index (χ3v) is 3.47. The second-order valence-corrected chi connectivity index (χ2v) is 4.55. The van der Waals surface area contributed by atoms with Crippen LogP contribution in [0.15, 0.2) is 34.5 Å². The fraction of sp³-hybridized carbons (Fsp3) is 0.250. The van der Waals surface area contributed by atoms with E-state index in [1.54, 1.807) is 26.2 Å². The molecule has 2 rings (SSSR count). The second-order valence-electron chi connectivity index (χ2n) is 4.18. The van der Waals surface area contributed by atoms with E-state index in [9.17, 15) is 14.7 Å². The van der Waals surface area contributed by atoms with Crippen LogP contribution in [0.4, 0.5) is 5.69 Å². The van der Waals surface area contributed by atoms with E-state index in [0.717, 1.165) is 0 Å². The number of carboxylic acids is 1. The van der Waals surface area contributed by atoms with Crippen LogP contribution < -0.4 is 5.11 Å². The van der Waals surface area contributed by atoms with Crippen LogP contribution in [0.3, 0.4) is 0 Å². The van der Waals surface area contributed by atoms with Crippen molar-refractivity contribution in [1.82, 2.24) is 9.80 Å². The molecule has 0 radical (unpaired) electrons. The summed E-state index contributed by atoms with van der Waals surface area (Å²) >= 11 is 5.04. The van der Waals surface area contributed by atoms with Crippen LogP contribution in [-0.2, 0) is 4.79 Å². The lowest BCUT2D eigenvalue weighted by Crippen LogP contribution is -2.29. The van der Waals surface area contributed by atoms with Gasteiger partial charge in [-0.1, -0.05) is 18.2 Å². The number of carbonyl (C=O) groups excluding carboxylic acids is 2. The summed E-state index contributed by atoms with van der Waals surface area (Å²) in [7, 11) is 3.17. The maximum Gasteiger partial charge on any atom is 0.275 e. The van der Waals surface area contributed by atoms with E-state index < -0.39 is 12.1 Å². The molecule has 7 nitrogen and oxygen atoms in total. The Morgan fingerprint density at radius 3 is 2.55 bits per heavy atom. The van der Waals surface area contributed by atoms with Gasteiger partial charge >= 0.3 is 0 Å². The van der Waals surface area contributed by atoms with E-state index in [1.165, 1.54) is 21.9 Å². The normalized spacial score (nSPS) is 19.2. The predicted octanol–water partition coefficient (Wildman–Crippen LogP) is 0.149. The van der Waals surface area contributed by atoms with Crippen LogP contribution in [0.1, 0.15) is 10.4 Å². The highest BCUT2D eigenvalue weighted by Gasteiger charge is 2.38. The Bertz CT molecular complexity index is 616. The molecule has 1 aromatic carbocycles. The van der Waals surface area contributed by atoms with Gasteiger partial charge in [0.2, 0.25) is 6.17 Å². The largest absolute Gasteiger partial charge is 0.545 e. The van der Waals surface area contributed by atoms with Gasteiger partial charge in [-0.25, -0.2) is 0 Å². The highest BCUT2D eigenvalue weighted by Crippen LogP contribution is 2.21. The molecule has 1 aromatic rings. The molecule has 104 valence electrons. The van der Waals surface area contributed by atoms with Crippen molar-refractivity contribution < 1.29 is 14.7 Å². The summed E-state index contributed by atoms with van der Waals surface area (Å²) in [5.74, 6) is -1.66. The summed E-state index contributed by atoms with van der Waals surface area (Å²) in [6.07, 6.45) is -0.873. The summed E-state index contributed by atoms with van der Waals surface area (Å²) < 4.78 is 0. The molecule has 8 heteroatoms. The van der Waals surface area contributed by atoms with Crippen LogP contribution in [0, 0.1) is 0 Å². The van der Waals surface area contributed by atoms with E-state index in [1.807, 2.05) is 0 Å². The Hall–Kier alpha value is -2.35. The van der Waals surface area contributed by atoms with E-state index in [0.29, 0.717) is 5.11 Å². The number of benzene rings is 1. The SMILES string of the molecule is CN1C(=O)[C@H](N=Nc2ccccc2C(=O)[O-])N(C)C1=S. The number of azo groups is 1. The summed E-state index contributed by atoms with van der Waals surface area (Å²) in [6, 6.07) is 6.02. The first-order chi connectivity index (χ1) is 9.43. The van der Waals surface area contributed by atoms with Crippen molar-refractivity contribution in [3.63, 3.8) is 0 Å². The summed E-state index contributed by atoms with van der Waals surface area (Å²) in [5, 5.41) is 19.0. The maximum absolute atomic E-state index is 11.9. The zero-order chi connectivity index (χ0) is 14.9. The van der Waals surface area contributed by atoms with E-state index in [4.69, 9.17) is 12.2 Å². The van der Waals surface area contributed by atoms with Gasteiger partial charge in [0.05, 0.1) is 11.7 Å². The molecule has 0 unspecified atom stereocenters. The van der Waals surface area contributed by atoms with Gasteiger partial charge in [0.1, 0.15) is 0 Å². The molecular formula is C12H11N4O3S-. The standard InChI is InChI=1S/C12H12N4O3S/c1-15-9(10(17)16(2)12(15)20)14-13-8-6-4-3-5-7(8)11(18)19/h3-6,9H,1-2H3,(H,18,19)/p-1/t9-/m1/s1. The molecule has 0 N–H and O–H groups in total. The number of nitrogens with zero attached hydrogens (tertiary/aromatic N) is 4. The molecule has 1 heterocycles. The fourth-order valence-electron chi connectivity index (χ4n) is 1.75. The summed E-state index contributed by atoms with van der Waals surface area (Å²) in [4.78, 5) is 25.6. The molecule has 1 fully saturated rings. The molecule has 1 aliphatic heterocycles. The monoisotopic (exact) mass is 291 g/mol. The van der Waals surface area contributed by atoms with E-state index >= 15 is 0 Å². The molecule has 1 amide bonds. The Balaban J connectivity index is 2.29. The third-order valence-electron chi connectivity index (χ3n) is 2.91. The lowest BCUT2D eigenvalue weighted by atomic mass is 10.2. The smallest absolute Gasteiger partial charge is 0.275 e.